The first kappa shape index (κ1) is 18.2. The Balaban J connectivity index is 2.10. The molecule has 1 aromatic heterocycles. The predicted octanol–water partition coefficient (Wildman–Crippen LogP) is 1.20. The molecule has 0 radical (unpaired) electrons. The molecule has 1 aliphatic heterocycles. The number of hydrogen-bond donors (Lipinski definition) is 2. The molecule has 2 rings (SSSR count). The Kier molecular flexibility index (Phi) is 5.12. The lowest BCUT2D eigenvalue weighted by atomic mass is 9.89. The van der Waals surface area contributed by atoms with Crippen LogP contribution >= 0.6 is 0 Å². The van der Waals surface area contributed by atoms with Crippen LogP contribution in [0.1, 0.15) is 35.3 Å². The van der Waals surface area contributed by atoms with Gasteiger partial charge in [0.05, 0.1) is 24.1 Å². The van der Waals surface area contributed by atoms with E-state index in [0.717, 1.165) is 18.3 Å². The van der Waals surface area contributed by atoms with Crippen molar-refractivity contribution in [2.75, 3.05) is 20.1 Å². The maximum Gasteiger partial charge on any atom is 0.433 e. The fourth-order valence-corrected chi connectivity index (χ4v) is 2.69. The van der Waals surface area contributed by atoms with Crippen LogP contribution in [-0.4, -0.2) is 52.5 Å². The van der Waals surface area contributed by atoms with E-state index in [0.29, 0.717) is 19.4 Å². The van der Waals surface area contributed by atoms with Crippen LogP contribution in [0.5, 0.6) is 0 Å². The summed E-state index contributed by atoms with van der Waals surface area (Å²) in [6, 6.07) is 1.80. The SMILES string of the molecule is CNC(=O)CC1(O)CCCN(C(=O)c2ccc(C(F)(F)F)nc2)C1. The molecule has 2 N–H and O–H groups in total. The second-order valence-corrected chi connectivity index (χ2v) is 5.83. The van der Waals surface area contributed by atoms with Crippen LogP contribution in [0, 0.1) is 0 Å². The number of hydrogen-bond acceptors (Lipinski definition) is 4. The number of halogens is 3. The fraction of sp³-hybridized carbons (Fsp3) is 0.533. The van der Waals surface area contributed by atoms with Gasteiger partial charge in [0.25, 0.3) is 5.91 Å². The second-order valence-electron chi connectivity index (χ2n) is 5.83. The minimum absolute atomic E-state index is 0.00666. The van der Waals surface area contributed by atoms with Gasteiger partial charge in [0.15, 0.2) is 0 Å². The largest absolute Gasteiger partial charge is 0.433 e. The lowest BCUT2D eigenvalue weighted by Gasteiger charge is -2.38. The van der Waals surface area contributed by atoms with Crippen molar-refractivity contribution in [2.45, 2.75) is 31.0 Å². The van der Waals surface area contributed by atoms with Crippen molar-refractivity contribution in [1.29, 1.82) is 0 Å². The number of nitrogens with one attached hydrogen (secondary N) is 1. The zero-order chi connectivity index (χ0) is 18.0. The molecule has 132 valence electrons. The van der Waals surface area contributed by atoms with Crippen molar-refractivity contribution >= 4 is 11.8 Å². The Bertz CT molecular complexity index is 619. The third-order valence-corrected chi connectivity index (χ3v) is 3.91. The normalized spacial score (nSPS) is 21.5. The molecule has 0 aliphatic carbocycles. The van der Waals surface area contributed by atoms with Gasteiger partial charge in [-0.3, -0.25) is 14.6 Å². The summed E-state index contributed by atoms with van der Waals surface area (Å²) in [5.41, 5.74) is -2.41. The van der Waals surface area contributed by atoms with Gasteiger partial charge in [-0.2, -0.15) is 13.2 Å². The summed E-state index contributed by atoms with van der Waals surface area (Å²) >= 11 is 0. The average Bonchev–Trinajstić information content (AvgIpc) is 2.53. The molecule has 1 saturated heterocycles. The van der Waals surface area contributed by atoms with Crippen LogP contribution < -0.4 is 5.32 Å². The van der Waals surface area contributed by atoms with E-state index < -0.39 is 23.4 Å². The van der Waals surface area contributed by atoms with Crippen LogP contribution in [-0.2, 0) is 11.0 Å². The van der Waals surface area contributed by atoms with Gasteiger partial charge >= 0.3 is 6.18 Å². The summed E-state index contributed by atoms with van der Waals surface area (Å²) in [7, 11) is 1.45. The highest BCUT2D eigenvalue weighted by molar-refractivity contribution is 5.94. The number of alkyl halides is 3. The third kappa shape index (κ3) is 4.22. The third-order valence-electron chi connectivity index (χ3n) is 3.91. The molecule has 9 heteroatoms. The van der Waals surface area contributed by atoms with Gasteiger partial charge < -0.3 is 15.3 Å². The zero-order valence-corrected chi connectivity index (χ0v) is 13.1. The highest BCUT2D eigenvalue weighted by atomic mass is 19.4. The summed E-state index contributed by atoms with van der Waals surface area (Å²) in [6.07, 6.45) is -2.97. The van der Waals surface area contributed by atoms with Crippen molar-refractivity contribution in [3.05, 3.63) is 29.6 Å². The van der Waals surface area contributed by atoms with Crippen molar-refractivity contribution in [1.82, 2.24) is 15.2 Å². The van der Waals surface area contributed by atoms with Gasteiger partial charge in [0.1, 0.15) is 5.69 Å². The van der Waals surface area contributed by atoms with Gasteiger partial charge in [0.2, 0.25) is 5.91 Å². The van der Waals surface area contributed by atoms with E-state index in [-0.39, 0.29) is 24.4 Å². The summed E-state index contributed by atoms with van der Waals surface area (Å²) in [4.78, 5) is 28.5. The fourth-order valence-electron chi connectivity index (χ4n) is 2.69. The molecule has 1 fully saturated rings. The summed E-state index contributed by atoms with van der Waals surface area (Å²) in [5.74, 6) is -0.866. The minimum atomic E-state index is -4.57. The van der Waals surface area contributed by atoms with Crippen molar-refractivity contribution in [2.24, 2.45) is 0 Å². The number of carbonyl (C=O) groups excluding carboxylic acids is 2. The number of nitrogens with zero attached hydrogens (tertiary/aromatic N) is 2. The van der Waals surface area contributed by atoms with Crippen molar-refractivity contribution in [3.8, 4) is 0 Å². The topological polar surface area (TPSA) is 82.5 Å². The highest BCUT2D eigenvalue weighted by Crippen LogP contribution is 2.28. The number of piperidine rings is 1. The Morgan fingerprint density at radius 1 is 1.42 bits per heavy atom. The molecule has 0 bridgehead atoms. The van der Waals surface area contributed by atoms with Gasteiger partial charge in [-0.1, -0.05) is 0 Å². The highest BCUT2D eigenvalue weighted by Gasteiger charge is 2.37. The number of aliphatic hydroxyl groups is 1. The number of rotatable bonds is 3. The molecule has 0 spiro atoms. The van der Waals surface area contributed by atoms with E-state index in [1.807, 2.05) is 0 Å². The van der Waals surface area contributed by atoms with Crippen LogP contribution in [0.3, 0.4) is 0 Å². The maximum absolute atomic E-state index is 12.5. The monoisotopic (exact) mass is 345 g/mol. The first-order valence-electron chi connectivity index (χ1n) is 7.40. The van der Waals surface area contributed by atoms with Gasteiger partial charge in [-0.05, 0) is 25.0 Å². The lowest BCUT2D eigenvalue weighted by Crippen LogP contribution is -2.52. The summed E-state index contributed by atoms with van der Waals surface area (Å²) in [5, 5.41) is 12.9. The van der Waals surface area contributed by atoms with Crippen LogP contribution in [0.4, 0.5) is 13.2 Å². The summed E-state index contributed by atoms with van der Waals surface area (Å²) in [6.45, 7) is 0.302. The van der Waals surface area contributed by atoms with E-state index in [1.54, 1.807) is 0 Å². The van der Waals surface area contributed by atoms with Crippen LogP contribution in [0.25, 0.3) is 0 Å². The average molecular weight is 345 g/mol. The van der Waals surface area contributed by atoms with Crippen LogP contribution in [0.2, 0.25) is 0 Å². The van der Waals surface area contributed by atoms with E-state index in [1.165, 1.54) is 11.9 Å². The number of carbonyl (C=O) groups is 2. The van der Waals surface area contributed by atoms with Crippen molar-refractivity contribution in [3.63, 3.8) is 0 Å². The molecule has 24 heavy (non-hydrogen) atoms. The first-order valence-corrected chi connectivity index (χ1v) is 7.40. The van der Waals surface area contributed by atoms with E-state index in [9.17, 15) is 27.9 Å². The van der Waals surface area contributed by atoms with Crippen LogP contribution in [0.15, 0.2) is 18.3 Å². The number of aromatic nitrogens is 1. The molecule has 1 atom stereocenters. The lowest BCUT2D eigenvalue weighted by molar-refractivity contribution is -0.141. The van der Waals surface area contributed by atoms with E-state index in [4.69, 9.17) is 0 Å². The molecule has 2 heterocycles. The standard InChI is InChI=1S/C15H18F3N3O3/c1-19-12(22)7-14(24)5-2-6-21(9-14)13(23)10-3-4-11(20-8-10)15(16,17)18/h3-4,8,24H,2,5-7,9H2,1H3,(H,19,22). The number of likely N-dealkylation sites (tertiary alicyclic amines) is 1. The number of β-amino-alcohol motifs (C(OH)–C–C–N with tert-alkyl or cyclic N) is 1. The molecule has 6 nitrogen and oxygen atoms in total. The molecule has 1 unspecified atom stereocenters. The maximum atomic E-state index is 12.5. The molecular formula is C15H18F3N3O3. The zero-order valence-electron chi connectivity index (χ0n) is 13.1. The van der Waals surface area contributed by atoms with Gasteiger partial charge in [-0.25, -0.2) is 0 Å². The van der Waals surface area contributed by atoms with Gasteiger partial charge in [0, 0.05) is 19.8 Å². The Morgan fingerprint density at radius 2 is 2.12 bits per heavy atom. The van der Waals surface area contributed by atoms with Crippen molar-refractivity contribution < 1.29 is 27.9 Å². The quantitative estimate of drug-likeness (QED) is 0.863. The Hall–Kier alpha value is -2.16. The number of amides is 2. The van der Waals surface area contributed by atoms with Gasteiger partial charge in [-0.15, -0.1) is 0 Å². The molecule has 0 saturated carbocycles. The Morgan fingerprint density at radius 3 is 2.67 bits per heavy atom. The predicted molar refractivity (Wildman–Crippen MR) is 78.0 cm³/mol. The first-order chi connectivity index (χ1) is 11.1. The number of pyridine rings is 1. The Labute approximate surface area is 136 Å². The van der Waals surface area contributed by atoms with E-state index in [2.05, 4.69) is 10.3 Å². The minimum Gasteiger partial charge on any atom is -0.388 e. The molecular weight excluding hydrogens is 327 g/mol. The molecule has 1 aromatic rings. The smallest absolute Gasteiger partial charge is 0.388 e. The summed E-state index contributed by atoms with van der Waals surface area (Å²) < 4.78 is 37.5. The van der Waals surface area contributed by atoms with E-state index >= 15 is 0 Å². The molecule has 0 aromatic carbocycles. The molecule has 2 amide bonds. The second kappa shape index (κ2) is 6.76. The molecule has 1 aliphatic rings.